The lowest BCUT2D eigenvalue weighted by molar-refractivity contribution is 0.478. The van der Waals surface area contributed by atoms with E-state index in [1.807, 2.05) is 0 Å². The maximum Gasteiger partial charge on any atom is 0.211 e. The molecular formula is C5H10N4. The third kappa shape index (κ3) is 0.595. The minimum absolute atomic E-state index is 0.920. The fourth-order valence-electron chi connectivity index (χ4n) is 1.28. The molecule has 0 atom stereocenters. The number of hydrogen-bond donors (Lipinski definition) is 1. The first kappa shape index (κ1) is 5.05. The van der Waals surface area contributed by atoms with Crippen LogP contribution in [0, 0.1) is 0 Å². The third-order valence-electron chi connectivity index (χ3n) is 1.77. The Bertz CT molecular complexity index is 153. The first-order valence-corrected chi connectivity index (χ1v) is 3.19. The fraction of sp³-hybridized carbons (Fsp3) is 0.800. The second-order valence-corrected chi connectivity index (χ2v) is 2.36. The minimum atomic E-state index is 0.920. The highest BCUT2D eigenvalue weighted by Gasteiger charge is 2.26. The maximum absolute atomic E-state index is 5.58. The van der Waals surface area contributed by atoms with Crippen molar-refractivity contribution in [2.24, 2.45) is 10.8 Å². The second kappa shape index (κ2) is 1.60. The van der Waals surface area contributed by atoms with Crippen LogP contribution in [0.15, 0.2) is 4.99 Å². The van der Waals surface area contributed by atoms with Crippen LogP contribution in [0.25, 0.3) is 0 Å². The molecule has 2 rings (SSSR count). The van der Waals surface area contributed by atoms with Crippen molar-refractivity contribution in [3.63, 3.8) is 0 Å². The first-order valence-electron chi connectivity index (χ1n) is 3.19. The van der Waals surface area contributed by atoms with Gasteiger partial charge < -0.3 is 4.90 Å². The maximum atomic E-state index is 5.58. The highest BCUT2D eigenvalue weighted by molar-refractivity contribution is 5.82. The number of hydrazine groups is 1. The summed E-state index contributed by atoms with van der Waals surface area (Å²) in [7, 11) is 0. The Balaban J connectivity index is 2.22. The predicted molar refractivity (Wildman–Crippen MR) is 34.8 cm³/mol. The smallest absolute Gasteiger partial charge is 0.211 e. The summed E-state index contributed by atoms with van der Waals surface area (Å²) < 4.78 is 0. The monoisotopic (exact) mass is 126 g/mol. The zero-order chi connectivity index (χ0) is 6.27. The van der Waals surface area contributed by atoms with E-state index in [-0.39, 0.29) is 0 Å². The van der Waals surface area contributed by atoms with Crippen LogP contribution in [0.3, 0.4) is 0 Å². The zero-order valence-corrected chi connectivity index (χ0v) is 5.25. The molecular weight excluding hydrogens is 116 g/mol. The topological polar surface area (TPSA) is 44.9 Å². The summed E-state index contributed by atoms with van der Waals surface area (Å²) in [4.78, 5) is 6.43. The van der Waals surface area contributed by atoms with E-state index in [1.54, 1.807) is 5.01 Å². The van der Waals surface area contributed by atoms with Gasteiger partial charge in [-0.2, -0.15) is 0 Å². The van der Waals surface area contributed by atoms with Gasteiger partial charge in [0.2, 0.25) is 5.96 Å². The van der Waals surface area contributed by atoms with Gasteiger partial charge in [-0.25, -0.2) is 10.8 Å². The van der Waals surface area contributed by atoms with E-state index in [4.69, 9.17) is 5.84 Å². The van der Waals surface area contributed by atoms with Gasteiger partial charge in [-0.05, 0) is 0 Å². The van der Waals surface area contributed by atoms with Crippen molar-refractivity contribution in [2.45, 2.75) is 0 Å². The second-order valence-electron chi connectivity index (χ2n) is 2.36. The first-order chi connectivity index (χ1) is 4.38. The van der Waals surface area contributed by atoms with E-state index < -0.39 is 0 Å². The largest absolute Gasteiger partial charge is 0.338 e. The van der Waals surface area contributed by atoms with E-state index in [0.29, 0.717) is 0 Å². The summed E-state index contributed by atoms with van der Waals surface area (Å²) in [6.07, 6.45) is 0. The number of nitrogens with zero attached hydrogens (tertiary/aromatic N) is 3. The van der Waals surface area contributed by atoms with Crippen molar-refractivity contribution >= 4 is 5.96 Å². The Morgan fingerprint density at radius 3 is 3.00 bits per heavy atom. The lowest BCUT2D eigenvalue weighted by Crippen LogP contribution is -2.35. The molecule has 4 heteroatoms. The van der Waals surface area contributed by atoms with Gasteiger partial charge in [0.1, 0.15) is 0 Å². The molecule has 0 saturated carbocycles. The summed E-state index contributed by atoms with van der Waals surface area (Å²) >= 11 is 0. The number of rotatable bonds is 0. The average Bonchev–Trinajstić information content (AvgIpc) is 2.35. The molecule has 0 spiro atoms. The molecule has 2 aliphatic heterocycles. The van der Waals surface area contributed by atoms with Crippen LogP contribution < -0.4 is 5.84 Å². The molecule has 0 aliphatic carbocycles. The number of hydrogen-bond acceptors (Lipinski definition) is 4. The molecule has 0 bridgehead atoms. The van der Waals surface area contributed by atoms with Gasteiger partial charge in [-0.3, -0.25) is 5.01 Å². The van der Waals surface area contributed by atoms with E-state index in [0.717, 1.165) is 32.1 Å². The zero-order valence-electron chi connectivity index (χ0n) is 5.25. The standard InChI is InChI=1S/C5H10N4/c6-9-4-3-8-2-1-7-5(8)9/h1-4,6H2. The Morgan fingerprint density at radius 2 is 2.22 bits per heavy atom. The van der Waals surface area contributed by atoms with Gasteiger partial charge in [0.05, 0.1) is 13.1 Å². The summed E-state index contributed by atoms with van der Waals surface area (Å²) in [6, 6.07) is 0. The van der Waals surface area contributed by atoms with E-state index >= 15 is 0 Å². The van der Waals surface area contributed by atoms with Crippen LogP contribution >= 0.6 is 0 Å². The molecule has 2 heterocycles. The van der Waals surface area contributed by atoms with Crippen molar-refractivity contribution < 1.29 is 0 Å². The molecule has 2 N–H and O–H groups in total. The van der Waals surface area contributed by atoms with Gasteiger partial charge in [-0.1, -0.05) is 0 Å². The summed E-state index contributed by atoms with van der Waals surface area (Å²) in [5, 5.41) is 1.72. The van der Waals surface area contributed by atoms with Crippen LogP contribution in [0.4, 0.5) is 0 Å². The van der Waals surface area contributed by atoms with Gasteiger partial charge in [-0.15, -0.1) is 0 Å². The molecule has 1 saturated heterocycles. The normalized spacial score (nSPS) is 24.8. The van der Waals surface area contributed by atoms with Crippen LogP contribution in [0.2, 0.25) is 0 Å². The number of guanidine groups is 1. The highest BCUT2D eigenvalue weighted by atomic mass is 15.6. The van der Waals surface area contributed by atoms with Crippen molar-refractivity contribution in [2.75, 3.05) is 26.2 Å². The lowest BCUT2D eigenvalue weighted by Gasteiger charge is -2.11. The average molecular weight is 126 g/mol. The summed E-state index contributed by atoms with van der Waals surface area (Å²) in [5.74, 6) is 6.56. The predicted octanol–water partition coefficient (Wildman–Crippen LogP) is -1.15. The number of aliphatic imine (C=N–C) groups is 1. The Morgan fingerprint density at radius 1 is 1.33 bits per heavy atom. The molecule has 2 aliphatic rings. The minimum Gasteiger partial charge on any atom is -0.338 e. The fourth-order valence-corrected chi connectivity index (χ4v) is 1.28. The Hall–Kier alpha value is -0.770. The van der Waals surface area contributed by atoms with E-state index in [9.17, 15) is 0 Å². The molecule has 4 nitrogen and oxygen atoms in total. The summed E-state index contributed by atoms with van der Waals surface area (Å²) in [6.45, 7) is 3.96. The Labute approximate surface area is 53.9 Å². The van der Waals surface area contributed by atoms with E-state index in [1.165, 1.54) is 0 Å². The van der Waals surface area contributed by atoms with Crippen LogP contribution in [0.5, 0.6) is 0 Å². The highest BCUT2D eigenvalue weighted by Crippen LogP contribution is 2.08. The molecule has 50 valence electrons. The lowest BCUT2D eigenvalue weighted by atomic mass is 10.6. The van der Waals surface area contributed by atoms with Crippen molar-refractivity contribution in [1.29, 1.82) is 0 Å². The Kier molecular flexibility index (Phi) is 0.900. The van der Waals surface area contributed by atoms with Crippen LogP contribution in [0.1, 0.15) is 0 Å². The SMILES string of the molecule is NN1CCN2CCN=C12. The third-order valence-corrected chi connectivity index (χ3v) is 1.77. The molecule has 0 aromatic heterocycles. The van der Waals surface area contributed by atoms with Gasteiger partial charge in [0.25, 0.3) is 0 Å². The quantitative estimate of drug-likeness (QED) is 0.417. The van der Waals surface area contributed by atoms with Crippen molar-refractivity contribution in [1.82, 2.24) is 9.91 Å². The van der Waals surface area contributed by atoms with Crippen molar-refractivity contribution in [3.8, 4) is 0 Å². The molecule has 0 radical (unpaired) electrons. The van der Waals surface area contributed by atoms with Gasteiger partial charge >= 0.3 is 0 Å². The molecule has 9 heavy (non-hydrogen) atoms. The molecule has 1 fully saturated rings. The molecule has 0 unspecified atom stereocenters. The molecule has 0 aromatic carbocycles. The van der Waals surface area contributed by atoms with E-state index in [2.05, 4.69) is 9.89 Å². The van der Waals surface area contributed by atoms with Gasteiger partial charge in [0, 0.05) is 13.1 Å². The summed E-state index contributed by atoms with van der Waals surface area (Å²) in [5.41, 5.74) is 0. The molecule has 0 aromatic rings. The van der Waals surface area contributed by atoms with Gasteiger partial charge in [0.15, 0.2) is 0 Å². The number of nitrogens with two attached hydrogens (primary N) is 1. The van der Waals surface area contributed by atoms with Crippen LogP contribution in [-0.2, 0) is 0 Å². The number of fused-ring (bicyclic) bond motifs is 1. The van der Waals surface area contributed by atoms with Crippen LogP contribution in [-0.4, -0.2) is 42.0 Å². The molecule has 0 amide bonds. The van der Waals surface area contributed by atoms with Crippen molar-refractivity contribution in [3.05, 3.63) is 0 Å².